The van der Waals surface area contributed by atoms with Gasteiger partial charge in [-0.2, -0.15) is 5.10 Å². The van der Waals surface area contributed by atoms with Gasteiger partial charge in [0, 0.05) is 54.1 Å². The fourth-order valence-corrected chi connectivity index (χ4v) is 5.25. The van der Waals surface area contributed by atoms with E-state index in [0.29, 0.717) is 13.1 Å². The Balaban J connectivity index is 0.00000198. The number of pyridine rings is 1. The molecule has 5 rings (SSSR count). The number of aromatic nitrogens is 4. The summed E-state index contributed by atoms with van der Waals surface area (Å²) >= 11 is 0. The number of nitrogens with one attached hydrogen (secondary N) is 2. The number of aryl methyl sites for hydroxylation is 1. The molecule has 0 bridgehead atoms. The predicted octanol–water partition coefficient (Wildman–Crippen LogP) is 8.76. The Kier molecular flexibility index (Phi) is 9.86. The summed E-state index contributed by atoms with van der Waals surface area (Å²) in [6.45, 7) is 16.5. The predicted molar refractivity (Wildman–Crippen MR) is 171 cm³/mol. The smallest absolute Gasteiger partial charge is 0.261 e. The molecule has 1 aliphatic rings. The quantitative estimate of drug-likeness (QED) is 0.199. The molecule has 5 nitrogen and oxygen atoms in total. The Morgan fingerprint density at radius 2 is 1.95 bits per heavy atom. The number of alkyl halides is 2. The number of fused-ring (bicyclic) bond motifs is 1. The van der Waals surface area contributed by atoms with Gasteiger partial charge >= 0.3 is 0 Å². The van der Waals surface area contributed by atoms with Crippen molar-refractivity contribution in [1.82, 2.24) is 25.1 Å². The van der Waals surface area contributed by atoms with Gasteiger partial charge in [0.15, 0.2) is 0 Å². The highest BCUT2D eigenvalue weighted by Gasteiger charge is 2.37. The summed E-state index contributed by atoms with van der Waals surface area (Å²) in [6, 6.07) is 12.2. The van der Waals surface area contributed by atoms with Gasteiger partial charge < -0.3 is 4.98 Å². The Labute approximate surface area is 247 Å². The summed E-state index contributed by atoms with van der Waals surface area (Å²) in [5, 5.41) is 8.78. The van der Waals surface area contributed by atoms with E-state index in [1.165, 1.54) is 0 Å². The van der Waals surface area contributed by atoms with Crippen molar-refractivity contribution in [2.24, 2.45) is 0 Å². The molecule has 7 heteroatoms. The molecule has 1 aromatic carbocycles. The first kappa shape index (κ1) is 30.6. The number of allylic oxidation sites excluding steroid dienone is 5. The van der Waals surface area contributed by atoms with E-state index in [-0.39, 0.29) is 13.0 Å². The largest absolute Gasteiger partial charge is 0.357 e. The molecule has 4 aromatic rings. The molecule has 1 aliphatic heterocycles. The molecule has 1 saturated heterocycles. The zero-order valence-electron chi connectivity index (χ0n) is 24.8. The molecule has 42 heavy (non-hydrogen) atoms. The third kappa shape index (κ3) is 6.74. The molecule has 0 saturated carbocycles. The number of hydrogen-bond acceptors (Lipinski definition) is 3. The molecule has 3 aromatic heterocycles. The van der Waals surface area contributed by atoms with E-state index >= 15 is 0 Å². The third-order valence-corrected chi connectivity index (χ3v) is 7.28. The van der Waals surface area contributed by atoms with Crippen LogP contribution in [0.4, 0.5) is 8.78 Å². The maximum Gasteiger partial charge on any atom is 0.261 e. The average Bonchev–Trinajstić information content (AvgIpc) is 3.70. The van der Waals surface area contributed by atoms with E-state index in [0.717, 1.165) is 61.4 Å². The van der Waals surface area contributed by atoms with E-state index in [1.54, 1.807) is 23.2 Å². The van der Waals surface area contributed by atoms with Crippen molar-refractivity contribution >= 4 is 22.0 Å². The summed E-state index contributed by atoms with van der Waals surface area (Å²) in [4.78, 5) is 9.58. The van der Waals surface area contributed by atoms with E-state index in [1.807, 2.05) is 76.4 Å². The number of hydrogen-bond donors (Lipinski definition) is 2. The number of halogens is 2. The second-order valence-corrected chi connectivity index (χ2v) is 10.1. The zero-order valence-corrected chi connectivity index (χ0v) is 24.8. The van der Waals surface area contributed by atoms with Crippen molar-refractivity contribution in [2.75, 3.05) is 19.6 Å². The van der Waals surface area contributed by atoms with Crippen LogP contribution in [0, 0.1) is 6.92 Å². The second-order valence-electron chi connectivity index (χ2n) is 10.1. The summed E-state index contributed by atoms with van der Waals surface area (Å²) < 4.78 is 27.4. The van der Waals surface area contributed by atoms with E-state index < -0.39 is 5.92 Å². The van der Waals surface area contributed by atoms with Crippen LogP contribution in [0.25, 0.3) is 33.4 Å². The molecule has 218 valence electrons. The molecule has 1 fully saturated rings. The Morgan fingerprint density at radius 3 is 2.60 bits per heavy atom. The average molecular weight is 568 g/mol. The molecule has 0 radical (unpaired) electrons. The summed E-state index contributed by atoms with van der Waals surface area (Å²) in [5.74, 6) is -2.62. The van der Waals surface area contributed by atoms with Crippen molar-refractivity contribution in [3.63, 3.8) is 0 Å². The van der Waals surface area contributed by atoms with Gasteiger partial charge in [-0.15, -0.1) is 0 Å². The van der Waals surface area contributed by atoms with Crippen molar-refractivity contribution < 1.29 is 8.78 Å². The number of aromatic amines is 2. The minimum Gasteiger partial charge on any atom is -0.357 e. The SMILES string of the molecule is C=C/C=C(/c1cccnc1)c1cc(-c2n[nH]c3ccc(C(/C=C(\C=C)CN4CCC(F)(F)C4)=C/C)cc23)[nH]c1C.CC. The van der Waals surface area contributed by atoms with Crippen LogP contribution in [0.15, 0.2) is 97.9 Å². The molecule has 0 unspecified atom stereocenters. The highest BCUT2D eigenvalue weighted by atomic mass is 19.3. The number of benzene rings is 1. The van der Waals surface area contributed by atoms with Crippen LogP contribution in [-0.4, -0.2) is 50.6 Å². The molecule has 0 spiro atoms. The summed E-state index contributed by atoms with van der Waals surface area (Å²) in [5.41, 5.74) is 9.63. The molecule has 4 heterocycles. The van der Waals surface area contributed by atoms with Gasteiger partial charge in [0.25, 0.3) is 5.92 Å². The zero-order chi connectivity index (χ0) is 30.3. The fraction of sp³-hybridized carbons (Fsp3) is 0.257. The van der Waals surface area contributed by atoms with E-state index in [4.69, 9.17) is 0 Å². The van der Waals surface area contributed by atoms with Crippen LogP contribution < -0.4 is 0 Å². The first-order valence-electron chi connectivity index (χ1n) is 14.3. The maximum absolute atomic E-state index is 13.7. The Bertz CT molecular complexity index is 1640. The van der Waals surface area contributed by atoms with Gasteiger partial charge in [-0.1, -0.05) is 69.5 Å². The third-order valence-electron chi connectivity index (χ3n) is 7.28. The Morgan fingerprint density at radius 1 is 1.14 bits per heavy atom. The fourth-order valence-electron chi connectivity index (χ4n) is 5.25. The van der Waals surface area contributed by atoms with Gasteiger partial charge in [0.2, 0.25) is 0 Å². The lowest BCUT2D eigenvalue weighted by molar-refractivity contribution is 0.0131. The second kappa shape index (κ2) is 13.5. The van der Waals surface area contributed by atoms with Gasteiger partial charge in [0.1, 0.15) is 5.69 Å². The van der Waals surface area contributed by atoms with Crippen molar-refractivity contribution in [2.45, 2.75) is 40.0 Å². The molecule has 0 aliphatic carbocycles. The molecule has 2 N–H and O–H groups in total. The molecular weight excluding hydrogens is 528 g/mol. The first-order valence-corrected chi connectivity index (χ1v) is 14.3. The van der Waals surface area contributed by atoms with E-state index in [9.17, 15) is 8.78 Å². The maximum atomic E-state index is 13.7. The van der Waals surface area contributed by atoms with Crippen LogP contribution >= 0.6 is 0 Å². The highest BCUT2D eigenvalue weighted by molar-refractivity contribution is 5.96. The van der Waals surface area contributed by atoms with Gasteiger partial charge in [0.05, 0.1) is 17.8 Å². The van der Waals surface area contributed by atoms with Crippen molar-refractivity contribution in [1.29, 1.82) is 0 Å². The van der Waals surface area contributed by atoms with Gasteiger partial charge in [-0.05, 0) is 60.4 Å². The van der Waals surface area contributed by atoms with Crippen LogP contribution in [-0.2, 0) is 0 Å². The number of H-pyrrole nitrogens is 2. The normalized spacial score (nSPS) is 15.9. The minimum absolute atomic E-state index is 0.0964. The van der Waals surface area contributed by atoms with E-state index in [2.05, 4.69) is 45.5 Å². The van der Waals surface area contributed by atoms with Crippen molar-refractivity contribution in [3.05, 3.63) is 120 Å². The lowest BCUT2D eigenvalue weighted by Gasteiger charge is -2.16. The van der Waals surface area contributed by atoms with Gasteiger partial charge in [-0.3, -0.25) is 15.0 Å². The topological polar surface area (TPSA) is 60.6 Å². The number of likely N-dealkylation sites (tertiary alicyclic amines) is 1. The van der Waals surface area contributed by atoms with Crippen molar-refractivity contribution in [3.8, 4) is 11.4 Å². The molecule has 0 atom stereocenters. The van der Waals surface area contributed by atoms with Gasteiger partial charge in [-0.25, -0.2) is 8.78 Å². The monoisotopic (exact) mass is 567 g/mol. The summed E-state index contributed by atoms with van der Waals surface area (Å²) in [7, 11) is 0. The summed E-state index contributed by atoms with van der Waals surface area (Å²) in [6.07, 6.45) is 13.1. The standard InChI is InChI=1S/C33H33F2N5.C2H6/c1-5-9-27(26-10-8-14-36-19-26)28-18-31(37-22(28)4)32-29-17-25(11-12-30(29)38-39-32)24(7-3)16-23(6-2)20-40-15-13-33(34,35)21-40;1-2/h5-12,14,16-19,37H,1-2,13,15,20-21H2,3-4H3,(H,38,39);1-2H3/b23-16+,24-7+,27-9-;. The van der Waals surface area contributed by atoms with Crippen LogP contribution in [0.2, 0.25) is 0 Å². The molecule has 0 amide bonds. The molecular formula is C35H39F2N5. The van der Waals surface area contributed by atoms with Crippen LogP contribution in [0.1, 0.15) is 49.6 Å². The van der Waals surface area contributed by atoms with Crippen LogP contribution in [0.5, 0.6) is 0 Å². The Hall–Kier alpha value is -4.36. The number of nitrogens with zero attached hydrogens (tertiary/aromatic N) is 3. The highest BCUT2D eigenvalue weighted by Crippen LogP contribution is 2.34. The first-order chi connectivity index (χ1) is 20.3. The van der Waals surface area contributed by atoms with Crippen LogP contribution in [0.3, 0.4) is 0 Å². The number of rotatable bonds is 9. The lowest BCUT2D eigenvalue weighted by Crippen LogP contribution is -2.26. The minimum atomic E-state index is -2.62. The lowest BCUT2D eigenvalue weighted by atomic mass is 9.98.